The number of benzene rings is 1. The first-order valence-corrected chi connectivity index (χ1v) is 6.95. The molecule has 5 heteroatoms. The highest BCUT2D eigenvalue weighted by Crippen LogP contribution is 2.26. The summed E-state index contributed by atoms with van der Waals surface area (Å²) in [4.78, 5) is 25.1. The van der Waals surface area contributed by atoms with Gasteiger partial charge in [-0.05, 0) is 25.3 Å². The molecule has 0 heterocycles. The Kier molecular flexibility index (Phi) is 4.61. The van der Waals surface area contributed by atoms with Gasteiger partial charge in [-0.15, -0.1) is 0 Å². The first-order chi connectivity index (χ1) is 9.61. The SMILES string of the molecule is CCN(C(=O)N[C@H](Cc1ccccc1)C(=O)O)C1CC1. The number of nitrogens with zero attached hydrogens (tertiary/aromatic N) is 1. The third-order valence-electron chi connectivity index (χ3n) is 3.47. The molecule has 2 amide bonds. The lowest BCUT2D eigenvalue weighted by atomic mass is 10.1. The molecule has 0 saturated heterocycles. The molecule has 2 rings (SSSR count). The lowest BCUT2D eigenvalue weighted by molar-refractivity contribution is -0.139. The maximum absolute atomic E-state index is 12.1. The molecule has 1 saturated carbocycles. The van der Waals surface area contributed by atoms with E-state index in [9.17, 15) is 14.7 Å². The van der Waals surface area contributed by atoms with Crippen molar-refractivity contribution in [3.8, 4) is 0 Å². The van der Waals surface area contributed by atoms with Crippen LogP contribution >= 0.6 is 0 Å². The number of hydrogen-bond donors (Lipinski definition) is 2. The summed E-state index contributed by atoms with van der Waals surface area (Å²) >= 11 is 0. The third-order valence-corrected chi connectivity index (χ3v) is 3.47. The van der Waals surface area contributed by atoms with Crippen LogP contribution in [0.5, 0.6) is 0 Å². The van der Waals surface area contributed by atoms with E-state index in [1.54, 1.807) is 4.90 Å². The molecular weight excluding hydrogens is 256 g/mol. The Morgan fingerprint density at radius 2 is 2.00 bits per heavy atom. The zero-order valence-corrected chi connectivity index (χ0v) is 11.6. The quantitative estimate of drug-likeness (QED) is 0.833. The largest absolute Gasteiger partial charge is 0.480 e. The van der Waals surface area contributed by atoms with Crippen molar-refractivity contribution >= 4 is 12.0 Å². The van der Waals surface area contributed by atoms with Crippen molar-refractivity contribution < 1.29 is 14.7 Å². The van der Waals surface area contributed by atoms with Crippen molar-refractivity contribution in [1.29, 1.82) is 0 Å². The van der Waals surface area contributed by atoms with Crippen molar-refractivity contribution in [3.63, 3.8) is 0 Å². The highest BCUT2D eigenvalue weighted by molar-refractivity contribution is 5.83. The lowest BCUT2D eigenvalue weighted by Crippen LogP contribution is -2.49. The number of carbonyl (C=O) groups excluding carboxylic acids is 1. The summed E-state index contributed by atoms with van der Waals surface area (Å²) in [5.41, 5.74) is 0.898. The molecule has 108 valence electrons. The van der Waals surface area contributed by atoms with E-state index in [1.807, 2.05) is 37.3 Å². The molecule has 2 N–H and O–H groups in total. The van der Waals surface area contributed by atoms with Gasteiger partial charge in [-0.3, -0.25) is 0 Å². The number of carboxylic acid groups (broad SMARTS) is 1. The van der Waals surface area contributed by atoms with E-state index in [4.69, 9.17) is 0 Å². The van der Waals surface area contributed by atoms with Gasteiger partial charge in [0.05, 0.1) is 0 Å². The molecule has 5 nitrogen and oxygen atoms in total. The standard InChI is InChI=1S/C15H20N2O3/c1-2-17(12-8-9-12)15(20)16-13(14(18)19)10-11-6-4-3-5-7-11/h3-7,12-13H,2,8-10H2,1H3,(H,16,20)(H,18,19)/t13-/m1/s1. The molecule has 0 unspecified atom stereocenters. The molecule has 1 atom stereocenters. The minimum Gasteiger partial charge on any atom is -0.480 e. The number of hydrogen-bond acceptors (Lipinski definition) is 2. The fourth-order valence-corrected chi connectivity index (χ4v) is 2.24. The summed E-state index contributed by atoms with van der Waals surface area (Å²) in [6.45, 7) is 2.51. The Hall–Kier alpha value is -2.04. The molecule has 0 radical (unpaired) electrons. The van der Waals surface area contributed by atoms with Gasteiger partial charge in [-0.1, -0.05) is 30.3 Å². The maximum Gasteiger partial charge on any atom is 0.326 e. The van der Waals surface area contributed by atoms with Crippen LogP contribution in [-0.4, -0.2) is 40.6 Å². The first-order valence-electron chi connectivity index (χ1n) is 6.95. The van der Waals surface area contributed by atoms with Crippen LogP contribution in [-0.2, 0) is 11.2 Å². The van der Waals surface area contributed by atoms with Gasteiger partial charge in [0.2, 0.25) is 0 Å². The second kappa shape index (κ2) is 6.41. The summed E-state index contributed by atoms with van der Waals surface area (Å²) in [6.07, 6.45) is 2.32. The molecule has 1 aliphatic carbocycles. The Bertz CT molecular complexity index is 471. The molecular formula is C15H20N2O3. The summed E-state index contributed by atoms with van der Waals surface area (Å²) in [5, 5.41) is 11.9. The summed E-state index contributed by atoms with van der Waals surface area (Å²) in [5.74, 6) is -1.01. The molecule has 0 aliphatic heterocycles. The summed E-state index contributed by atoms with van der Waals surface area (Å²) in [6, 6.07) is 8.43. The number of carboxylic acids is 1. The van der Waals surface area contributed by atoms with Crippen molar-refractivity contribution in [2.75, 3.05) is 6.54 Å². The van der Waals surface area contributed by atoms with Crippen LogP contribution in [0.25, 0.3) is 0 Å². The Morgan fingerprint density at radius 3 is 2.50 bits per heavy atom. The normalized spacial score (nSPS) is 15.4. The van der Waals surface area contributed by atoms with Gasteiger partial charge in [-0.25, -0.2) is 9.59 Å². The predicted molar refractivity (Wildman–Crippen MR) is 75.5 cm³/mol. The van der Waals surface area contributed by atoms with Gasteiger partial charge in [-0.2, -0.15) is 0 Å². The minimum absolute atomic E-state index is 0.279. The zero-order chi connectivity index (χ0) is 14.5. The van der Waals surface area contributed by atoms with Crippen LogP contribution in [0.4, 0.5) is 4.79 Å². The lowest BCUT2D eigenvalue weighted by Gasteiger charge is -2.23. The van der Waals surface area contributed by atoms with E-state index in [2.05, 4.69) is 5.32 Å². The van der Waals surface area contributed by atoms with Crippen LogP contribution in [0.15, 0.2) is 30.3 Å². The van der Waals surface area contributed by atoms with Gasteiger partial charge < -0.3 is 15.3 Å². The Labute approximate surface area is 118 Å². The van der Waals surface area contributed by atoms with Crippen LogP contribution in [0.1, 0.15) is 25.3 Å². The second-order valence-corrected chi connectivity index (χ2v) is 5.05. The molecule has 0 aromatic heterocycles. The van der Waals surface area contributed by atoms with E-state index in [1.165, 1.54) is 0 Å². The van der Waals surface area contributed by atoms with Crippen molar-refractivity contribution in [2.45, 2.75) is 38.3 Å². The summed E-state index contributed by atoms with van der Waals surface area (Å²) in [7, 11) is 0. The van der Waals surface area contributed by atoms with Gasteiger partial charge in [0, 0.05) is 19.0 Å². The van der Waals surface area contributed by atoms with Crippen molar-refractivity contribution in [1.82, 2.24) is 10.2 Å². The zero-order valence-electron chi connectivity index (χ0n) is 11.6. The molecule has 1 fully saturated rings. The molecule has 0 bridgehead atoms. The van der Waals surface area contributed by atoms with Crippen LogP contribution in [0.3, 0.4) is 0 Å². The smallest absolute Gasteiger partial charge is 0.326 e. The van der Waals surface area contributed by atoms with Crippen molar-refractivity contribution in [3.05, 3.63) is 35.9 Å². The van der Waals surface area contributed by atoms with Crippen molar-refractivity contribution in [2.24, 2.45) is 0 Å². The van der Waals surface area contributed by atoms with Gasteiger partial charge in [0.15, 0.2) is 0 Å². The number of carbonyl (C=O) groups is 2. The highest BCUT2D eigenvalue weighted by Gasteiger charge is 2.33. The van der Waals surface area contributed by atoms with Crippen LogP contribution in [0, 0.1) is 0 Å². The van der Waals surface area contributed by atoms with E-state index < -0.39 is 12.0 Å². The predicted octanol–water partition coefficient (Wildman–Crippen LogP) is 1.88. The average molecular weight is 276 g/mol. The summed E-state index contributed by atoms with van der Waals surface area (Å²) < 4.78 is 0. The second-order valence-electron chi connectivity index (χ2n) is 5.05. The average Bonchev–Trinajstić information content (AvgIpc) is 3.24. The number of nitrogens with one attached hydrogen (secondary N) is 1. The minimum atomic E-state index is -1.01. The molecule has 1 aliphatic rings. The fourth-order valence-electron chi connectivity index (χ4n) is 2.24. The number of aliphatic carboxylic acids is 1. The monoisotopic (exact) mass is 276 g/mol. The van der Waals surface area contributed by atoms with E-state index in [-0.39, 0.29) is 12.1 Å². The molecule has 1 aromatic rings. The maximum atomic E-state index is 12.1. The Balaban J connectivity index is 1.98. The van der Waals surface area contributed by atoms with Gasteiger partial charge >= 0.3 is 12.0 Å². The van der Waals surface area contributed by atoms with Crippen LogP contribution < -0.4 is 5.32 Å². The number of amides is 2. The molecule has 20 heavy (non-hydrogen) atoms. The fraction of sp³-hybridized carbons (Fsp3) is 0.467. The highest BCUT2D eigenvalue weighted by atomic mass is 16.4. The Morgan fingerprint density at radius 1 is 1.35 bits per heavy atom. The van der Waals surface area contributed by atoms with Crippen LogP contribution in [0.2, 0.25) is 0 Å². The first kappa shape index (κ1) is 14.4. The third kappa shape index (κ3) is 3.73. The van der Waals surface area contributed by atoms with E-state index in [0.717, 1.165) is 18.4 Å². The molecule has 1 aromatic carbocycles. The number of rotatable bonds is 6. The van der Waals surface area contributed by atoms with Gasteiger partial charge in [0.1, 0.15) is 6.04 Å². The molecule has 0 spiro atoms. The topological polar surface area (TPSA) is 69.6 Å². The van der Waals surface area contributed by atoms with E-state index in [0.29, 0.717) is 13.0 Å². The van der Waals surface area contributed by atoms with E-state index >= 15 is 0 Å². The van der Waals surface area contributed by atoms with Gasteiger partial charge in [0.25, 0.3) is 0 Å². The number of urea groups is 1.